The molecule has 3 aromatic rings. The third kappa shape index (κ3) is 3.98. The fourth-order valence-electron chi connectivity index (χ4n) is 4.09. The first-order valence-corrected chi connectivity index (χ1v) is 11.0. The molecule has 0 saturated carbocycles. The van der Waals surface area contributed by atoms with E-state index in [1.165, 1.54) is 17.3 Å². The number of carbonyl (C=O) groups excluding carboxylic acids is 2. The second-order valence-electron chi connectivity index (χ2n) is 7.52. The Hall–Kier alpha value is -3.06. The van der Waals surface area contributed by atoms with E-state index >= 15 is 0 Å². The van der Waals surface area contributed by atoms with Crippen molar-refractivity contribution in [2.45, 2.75) is 19.8 Å². The normalized spacial score (nSPS) is 18.4. The molecule has 1 atom stereocenters. The highest BCUT2D eigenvalue weighted by Gasteiger charge is 2.46. The van der Waals surface area contributed by atoms with Crippen molar-refractivity contribution >= 4 is 23.2 Å². The molecular formula is C23H24N4O2S. The van der Waals surface area contributed by atoms with Gasteiger partial charge in [0.1, 0.15) is 5.69 Å². The Labute approximate surface area is 180 Å². The van der Waals surface area contributed by atoms with Gasteiger partial charge in [-0.2, -0.15) is 0 Å². The number of aromatic nitrogens is 2. The number of carbonyl (C=O) groups is 2. The molecule has 2 aromatic heterocycles. The van der Waals surface area contributed by atoms with Crippen molar-refractivity contribution in [3.8, 4) is 10.4 Å². The van der Waals surface area contributed by atoms with Crippen LogP contribution in [0.25, 0.3) is 10.4 Å². The van der Waals surface area contributed by atoms with Crippen molar-refractivity contribution in [1.29, 1.82) is 0 Å². The second-order valence-corrected chi connectivity index (χ2v) is 8.47. The van der Waals surface area contributed by atoms with Crippen LogP contribution in [0.15, 0.2) is 60.4 Å². The minimum atomic E-state index is -0.665. The van der Waals surface area contributed by atoms with Crippen LogP contribution in [-0.2, 0) is 11.2 Å². The molecule has 1 aromatic carbocycles. The van der Waals surface area contributed by atoms with Crippen LogP contribution >= 0.6 is 11.3 Å². The molecular weight excluding hydrogens is 396 g/mol. The number of benzene rings is 1. The molecule has 4 rings (SSSR count). The smallest absolute Gasteiger partial charge is 0.274 e. The summed E-state index contributed by atoms with van der Waals surface area (Å²) in [6, 6.07) is 12.4. The maximum atomic E-state index is 13.2. The number of nitrogens with zero attached hydrogens (tertiary/aromatic N) is 3. The molecule has 0 bridgehead atoms. The van der Waals surface area contributed by atoms with Gasteiger partial charge < -0.3 is 10.2 Å². The lowest BCUT2D eigenvalue weighted by atomic mass is 9.78. The minimum Gasteiger partial charge on any atom is -0.356 e. The van der Waals surface area contributed by atoms with Gasteiger partial charge in [0.05, 0.1) is 11.6 Å². The van der Waals surface area contributed by atoms with Gasteiger partial charge in [-0.1, -0.05) is 30.3 Å². The molecule has 1 saturated heterocycles. The molecule has 2 amide bonds. The van der Waals surface area contributed by atoms with Crippen molar-refractivity contribution in [2.24, 2.45) is 5.41 Å². The van der Waals surface area contributed by atoms with Gasteiger partial charge in [0, 0.05) is 36.9 Å². The van der Waals surface area contributed by atoms with E-state index in [0.29, 0.717) is 38.2 Å². The lowest BCUT2D eigenvalue weighted by Crippen LogP contribution is -2.45. The monoisotopic (exact) mass is 420 g/mol. The summed E-state index contributed by atoms with van der Waals surface area (Å²) in [6.45, 7) is 3.37. The predicted molar refractivity (Wildman–Crippen MR) is 117 cm³/mol. The highest BCUT2D eigenvalue weighted by molar-refractivity contribution is 7.13. The SMILES string of the molecule is CCNC(=O)[C@@]1(Cc2ccccc2-c2cccs2)CCN(C(=O)c2cnccn2)C1. The summed E-state index contributed by atoms with van der Waals surface area (Å²) in [5.74, 6) is -0.179. The highest BCUT2D eigenvalue weighted by atomic mass is 32.1. The molecule has 1 fully saturated rings. The van der Waals surface area contributed by atoms with Gasteiger partial charge in [0.25, 0.3) is 5.91 Å². The zero-order chi connectivity index (χ0) is 21.0. The maximum absolute atomic E-state index is 13.2. The largest absolute Gasteiger partial charge is 0.356 e. The van der Waals surface area contributed by atoms with Crippen LogP contribution in [-0.4, -0.2) is 46.3 Å². The Morgan fingerprint density at radius 3 is 2.80 bits per heavy atom. The highest BCUT2D eigenvalue weighted by Crippen LogP contribution is 2.38. The molecule has 7 heteroatoms. The van der Waals surface area contributed by atoms with E-state index in [-0.39, 0.29) is 11.8 Å². The van der Waals surface area contributed by atoms with Crippen molar-refractivity contribution in [1.82, 2.24) is 20.2 Å². The molecule has 0 radical (unpaired) electrons. The summed E-state index contributed by atoms with van der Waals surface area (Å²) in [4.78, 5) is 37.2. The average Bonchev–Trinajstić information content (AvgIpc) is 3.46. The maximum Gasteiger partial charge on any atom is 0.274 e. The lowest BCUT2D eigenvalue weighted by Gasteiger charge is -2.29. The number of hydrogen-bond donors (Lipinski definition) is 1. The quantitative estimate of drug-likeness (QED) is 0.663. The summed E-state index contributed by atoms with van der Waals surface area (Å²) in [7, 11) is 0. The molecule has 0 spiro atoms. The Bertz CT molecular complexity index is 1020. The Balaban J connectivity index is 1.64. The van der Waals surface area contributed by atoms with Gasteiger partial charge >= 0.3 is 0 Å². The van der Waals surface area contributed by atoms with Crippen LogP contribution in [0.2, 0.25) is 0 Å². The van der Waals surface area contributed by atoms with Gasteiger partial charge in [-0.3, -0.25) is 14.6 Å². The Morgan fingerprint density at radius 1 is 1.20 bits per heavy atom. The molecule has 1 N–H and O–H groups in total. The van der Waals surface area contributed by atoms with E-state index in [2.05, 4.69) is 38.9 Å². The Morgan fingerprint density at radius 2 is 2.07 bits per heavy atom. The summed E-state index contributed by atoms with van der Waals surface area (Å²) in [5, 5.41) is 5.06. The van der Waals surface area contributed by atoms with Crippen molar-refractivity contribution < 1.29 is 9.59 Å². The number of hydrogen-bond acceptors (Lipinski definition) is 5. The average molecular weight is 421 g/mol. The van der Waals surface area contributed by atoms with E-state index in [4.69, 9.17) is 0 Å². The number of rotatable bonds is 6. The van der Waals surface area contributed by atoms with E-state index in [0.717, 1.165) is 11.1 Å². The van der Waals surface area contributed by atoms with E-state index in [1.54, 1.807) is 22.4 Å². The zero-order valence-corrected chi connectivity index (χ0v) is 17.7. The van der Waals surface area contributed by atoms with Crippen LogP contribution < -0.4 is 5.32 Å². The van der Waals surface area contributed by atoms with E-state index in [9.17, 15) is 9.59 Å². The summed E-state index contributed by atoms with van der Waals surface area (Å²) >= 11 is 1.69. The number of likely N-dealkylation sites (tertiary alicyclic amines) is 1. The van der Waals surface area contributed by atoms with Crippen LogP contribution in [0.4, 0.5) is 0 Å². The van der Waals surface area contributed by atoms with Crippen molar-refractivity contribution in [3.63, 3.8) is 0 Å². The van der Waals surface area contributed by atoms with Crippen LogP contribution in [0.1, 0.15) is 29.4 Å². The molecule has 1 aliphatic heterocycles. The minimum absolute atomic E-state index is 0.000397. The van der Waals surface area contributed by atoms with Crippen LogP contribution in [0.3, 0.4) is 0 Å². The number of thiophene rings is 1. The molecule has 0 aliphatic carbocycles. The summed E-state index contributed by atoms with van der Waals surface area (Å²) in [5.41, 5.74) is 1.92. The van der Waals surface area contributed by atoms with Gasteiger partial charge in [-0.25, -0.2) is 4.98 Å². The molecule has 6 nitrogen and oxygen atoms in total. The third-order valence-electron chi connectivity index (χ3n) is 5.58. The Kier molecular flexibility index (Phi) is 5.90. The molecule has 0 unspecified atom stereocenters. The first-order chi connectivity index (χ1) is 14.6. The zero-order valence-electron chi connectivity index (χ0n) is 16.9. The first-order valence-electron chi connectivity index (χ1n) is 10.1. The van der Waals surface area contributed by atoms with Crippen LogP contribution in [0.5, 0.6) is 0 Å². The molecule has 30 heavy (non-hydrogen) atoms. The molecule has 1 aliphatic rings. The molecule has 154 valence electrons. The van der Waals surface area contributed by atoms with Gasteiger partial charge in [-0.05, 0) is 42.3 Å². The number of nitrogens with one attached hydrogen (secondary N) is 1. The number of amides is 2. The van der Waals surface area contributed by atoms with Crippen LogP contribution in [0, 0.1) is 5.41 Å². The second kappa shape index (κ2) is 8.75. The van der Waals surface area contributed by atoms with E-state index < -0.39 is 5.41 Å². The fourth-order valence-corrected chi connectivity index (χ4v) is 4.87. The topological polar surface area (TPSA) is 75.2 Å². The molecule has 3 heterocycles. The first kappa shape index (κ1) is 20.2. The van der Waals surface area contributed by atoms with Crippen molar-refractivity contribution in [3.05, 3.63) is 71.6 Å². The van der Waals surface area contributed by atoms with E-state index in [1.807, 2.05) is 25.1 Å². The van der Waals surface area contributed by atoms with Gasteiger partial charge in [0.15, 0.2) is 0 Å². The standard InChI is InChI=1S/C23H24N4O2S/c1-2-25-22(29)23(9-12-27(16-23)21(28)19-15-24-10-11-26-19)14-17-6-3-4-7-18(17)20-8-5-13-30-20/h3-8,10-11,13,15H,2,9,12,14,16H2,1H3,(H,25,29)/t23-/m1/s1. The lowest BCUT2D eigenvalue weighted by molar-refractivity contribution is -0.130. The predicted octanol–water partition coefficient (Wildman–Crippen LogP) is 3.42. The third-order valence-corrected chi connectivity index (χ3v) is 6.48. The van der Waals surface area contributed by atoms with Crippen molar-refractivity contribution in [2.75, 3.05) is 19.6 Å². The van der Waals surface area contributed by atoms with Gasteiger partial charge in [0.2, 0.25) is 5.91 Å². The summed E-state index contributed by atoms with van der Waals surface area (Å²) < 4.78 is 0. The summed E-state index contributed by atoms with van der Waals surface area (Å²) in [6.07, 6.45) is 5.72. The fraction of sp³-hybridized carbons (Fsp3) is 0.304. The van der Waals surface area contributed by atoms with Gasteiger partial charge in [-0.15, -0.1) is 11.3 Å².